The van der Waals surface area contributed by atoms with Crippen molar-refractivity contribution < 1.29 is 19.0 Å². The van der Waals surface area contributed by atoms with Gasteiger partial charge in [-0.05, 0) is 73.7 Å². The van der Waals surface area contributed by atoms with Gasteiger partial charge in [-0.3, -0.25) is 4.79 Å². The molecule has 0 bridgehead atoms. The zero-order valence-electron chi connectivity index (χ0n) is 19.4. The fourth-order valence-corrected chi connectivity index (χ4v) is 3.12. The summed E-state index contributed by atoms with van der Waals surface area (Å²) in [5.41, 5.74) is 2.64. The molecular weight excluding hydrogens is 388 g/mol. The SMILES string of the molecule is CCCOc1ccc(C(=O)C=Cc2cc(OCCC)c(CCC)c(OCCC)c2)cc1. The Morgan fingerprint density at radius 3 is 1.84 bits per heavy atom. The summed E-state index contributed by atoms with van der Waals surface area (Å²) in [7, 11) is 0. The minimum Gasteiger partial charge on any atom is -0.494 e. The molecule has 0 saturated heterocycles. The first-order valence-electron chi connectivity index (χ1n) is 11.5. The zero-order chi connectivity index (χ0) is 22.5. The first-order chi connectivity index (χ1) is 15.1. The molecular formula is C27H36O4. The smallest absolute Gasteiger partial charge is 0.185 e. The van der Waals surface area contributed by atoms with Crippen molar-refractivity contribution in [2.24, 2.45) is 0 Å². The summed E-state index contributed by atoms with van der Waals surface area (Å²) in [6.45, 7) is 10.4. The van der Waals surface area contributed by atoms with Crippen LogP contribution in [0.2, 0.25) is 0 Å². The first kappa shape index (κ1) is 24.5. The van der Waals surface area contributed by atoms with E-state index < -0.39 is 0 Å². The summed E-state index contributed by atoms with van der Waals surface area (Å²) >= 11 is 0. The Morgan fingerprint density at radius 2 is 1.32 bits per heavy atom. The number of benzene rings is 2. The summed E-state index contributed by atoms with van der Waals surface area (Å²) in [5, 5.41) is 0. The van der Waals surface area contributed by atoms with Crippen LogP contribution in [-0.2, 0) is 6.42 Å². The molecule has 0 aliphatic heterocycles. The van der Waals surface area contributed by atoms with Gasteiger partial charge in [0.05, 0.1) is 19.8 Å². The van der Waals surface area contributed by atoms with Gasteiger partial charge in [-0.15, -0.1) is 0 Å². The Kier molecular flexibility index (Phi) is 10.7. The Bertz CT molecular complexity index is 808. The van der Waals surface area contributed by atoms with Gasteiger partial charge >= 0.3 is 0 Å². The number of hydrogen-bond acceptors (Lipinski definition) is 4. The molecule has 0 aromatic heterocycles. The van der Waals surface area contributed by atoms with Gasteiger partial charge in [-0.25, -0.2) is 0 Å². The molecule has 2 aromatic rings. The van der Waals surface area contributed by atoms with Crippen molar-refractivity contribution in [1.82, 2.24) is 0 Å². The second-order valence-electron chi connectivity index (χ2n) is 7.51. The van der Waals surface area contributed by atoms with Crippen molar-refractivity contribution in [3.63, 3.8) is 0 Å². The van der Waals surface area contributed by atoms with Crippen LogP contribution >= 0.6 is 0 Å². The fraction of sp³-hybridized carbons (Fsp3) is 0.444. The predicted octanol–water partition coefficient (Wildman–Crippen LogP) is 6.90. The van der Waals surface area contributed by atoms with Gasteiger partial charge in [0.15, 0.2) is 5.78 Å². The molecule has 31 heavy (non-hydrogen) atoms. The second-order valence-corrected chi connectivity index (χ2v) is 7.51. The van der Waals surface area contributed by atoms with Crippen LogP contribution < -0.4 is 14.2 Å². The topological polar surface area (TPSA) is 44.8 Å². The van der Waals surface area contributed by atoms with Crippen molar-refractivity contribution in [3.8, 4) is 17.2 Å². The molecule has 0 atom stereocenters. The summed E-state index contributed by atoms with van der Waals surface area (Å²) in [5.74, 6) is 2.43. The lowest BCUT2D eigenvalue weighted by molar-refractivity contribution is 0.104. The van der Waals surface area contributed by atoms with Crippen molar-refractivity contribution in [1.29, 1.82) is 0 Å². The third-order valence-electron chi connectivity index (χ3n) is 4.65. The molecule has 0 saturated carbocycles. The second kappa shape index (κ2) is 13.5. The van der Waals surface area contributed by atoms with Crippen LogP contribution in [0, 0.1) is 0 Å². The number of carbonyl (C=O) groups is 1. The van der Waals surface area contributed by atoms with Gasteiger partial charge in [0.25, 0.3) is 0 Å². The van der Waals surface area contributed by atoms with Gasteiger partial charge in [0.2, 0.25) is 0 Å². The fourth-order valence-electron chi connectivity index (χ4n) is 3.12. The maximum Gasteiger partial charge on any atom is 0.185 e. The maximum atomic E-state index is 12.6. The highest BCUT2D eigenvalue weighted by atomic mass is 16.5. The molecule has 0 aliphatic rings. The summed E-state index contributed by atoms with van der Waals surface area (Å²) in [6, 6.07) is 11.3. The predicted molar refractivity (Wildman–Crippen MR) is 128 cm³/mol. The van der Waals surface area contributed by atoms with Crippen LogP contribution in [0.4, 0.5) is 0 Å². The van der Waals surface area contributed by atoms with E-state index in [0.29, 0.717) is 25.4 Å². The molecule has 4 heteroatoms. The Balaban J connectivity index is 2.24. The van der Waals surface area contributed by atoms with Crippen LogP contribution in [0.1, 0.15) is 74.9 Å². The molecule has 0 radical (unpaired) electrons. The number of rotatable bonds is 14. The summed E-state index contributed by atoms with van der Waals surface area (Å²) in [4.78, 5) is 12.6. The summed E-state index contributed by atoms with van der Waals surface area (Å²) < 4.78 is 17.6. The van der Waals surface area contributed by atoms with Crippen LogP contribution in [0.15, 0.2) is 42.5 Å². The van der Waals surface area contributed by atoms with Gasteiger partial charge in [0, 0.05) is 11.1 Å². The zero-order valence-corrected chi connectivity index (χ0v) is 19.4. The molecule has 4 nitrogen and oxygen atoms in total. The van der Waals surface area contributed by atoms with Crippen LogP contribution in [-0.4, -0.2) is 25.6 Å². The minimum atomic E-state index is -0.0493. The molecule has 0 N–H and O–H groups in total. The van der Waals surface area contributed by atoms with Gasteiger partial charge < -0.3 is 14.2 Å². The lowest BCUT2D eigenvalue weighted by Crippen LogP contribution is -2.04. The van der Waals surface area contributed by atoms with Crippen LogP contribution in [0.3, 0.4) is 0 Å². The van der Waals surface area contributed by atoms with E-state index in [1.54, 1.807) is 18.2 Å². The molecule has 0 spiro atoms. The number of hydrogen-bond donors (Lipinski definition) is 0. The first-order valence-corrected chi connectivity index (χ1v) is 11.5. The minimum absolute atomic E-state index is 0.0493. The number of allylic oxidation sites excluding steroid dienone is 1. The molecule has 2 rings (SSSR count). The molecule has 0 heterocycles. The van der Waals surface area contributed by atoms with E-state index in [4.69, 9.17) is 14.2 Å². The molecule has 168 valence electrons. The highest BCUT2D eigenvalue weighted by molar-refractivity contribution is 6.06. The molecule has 0 fully saturated rings. The van der Waals surface area contributed by atoms with Crippen LogP contribution in [0.25, 0.3) is 6.08 Å². The van der Waals surface area contributed by atoms with Crippen LogP contribution in [0.5, 0.6) is 17.2 Å². The van der Waals surface area contributed by atoms with Crippen molar-refractivity contribution >= 4 is 11.9 Å². The van der Waals surface area contributed by atoms with E-state index in [9.17, 15) is 4.79 Å². The highest BCUT2D eigenvalue weighted by Gasteiger charge is 2.13. The Morgan fingerprint density at radius 1 is 0.774 bits per heavy atom. The third-order valence-corrected chi connectivity index (χ3v) is 4.65. The molecule has 2 aromatic carbocycles. The largest absolute Gasteiger partial charge is 0.494 e. The highest BCUT2D eigenvalue weighted by Crippen LogP contribution is 2.33. The van der Waals surface area contributed by atoms with Crippen molar-refractivity contribution in [2.45, 2.75) is 59.8 Å². The molecule has 0 aliphatic carbocycles. The van der Waals surface area contributed by atoms with Gasteiger partial charge in [-0.2, -0.15) is 0 Å². The average molecular weight is 425 g/mol. The van der Waals surface area contributed by atoms with E-state index >= 15 is 0 Å². The third kappa shape index (κ3) is 7.78. The molecule has 0 unspecified atom stereocenters. The Labute approximate surface area is 187 Å². The van der Waals surface area contributed by atoms with Crippen molar-refractivity contribution in [3.05, 3.63) is 59.2 Å². The van der Waals surface area contributed by atoms with E-state index in [1.165, 1.54) is 0 Å². The monoisotopic (exact) mass is 424 g/mol. The van der Waals surface area contributed by atoms with Crippen molar-refractivity contribution in [2.75, 3.05) is 19.8 Å². The lowest BCUT2D eigenvalue weighted by atomic mass is 10.0. The quantitative estimate of drug-likeness (QED) is 0.244. The Hall–Kier alpha value is -2.75. The standard InChI is InChI=1S/C27H36O4/c1-5-9-24-26(30-17-7-3)19-21(20-27(24)31-18-8-4)10-15-25(28)22-11-13-23(14-12-22)29-16-6-2/h10-15,19-20H,5-9,16-18H2,1-4H3. The summed E-state index contributed by atoms with van der Waals surface area (Å²) in [6.07, 6.45) is 8.17. The number of ketones is 1. The number of ether oxygens (including phenoxy) is 3. The number of carbonyl (C=O) groups excluding carboxylic acids is 1. The van der Waals surface area contributed by atoms with Gasteiger partial charge in [0.1, 0.15) is 17.2 Å². The van der Waals surface area contributed by atoms with E-state index in [1.807, 2.05) is 30.3 Å². The van der Waals surface area contributed by atoms with E-state index in [2.05, 4.69) is 27.7 Å². The lowest BCUT2D eigenvalue weighted by Gasteiger charge is -2.17. The molecule has 0 amide bonds. The maximum absolute atomic E-state index is 12.6. The normalized spacial score (nSPS) is 11.0. The van der Waals surface area contributed by atoms with E-state index in [0.717, 1.165) is 60.5 Å². The van der Waals surface area contributed by atoms with E-state index in [-0.39, 0.29) is 5.78 Å². The average Bonchev–Trinajstić information content (AvgIpc) is 2.80. The van der Waals surface area contributed by atoms with Gasteiger partial charge in [-0.1, -0.05) is 40.2 Å².